The number of carbonyl (C=O) groups is 1. The van der Waals surface area contributed by atoms with E-state index in [0.717, 1.165) is 32.5 Å². The van der Waals surface area contributed by atoms with Crippen LogP contribution < -0.4 is 0 Å². The third-order valence-corrected chi connectivity index (χ3v) is 3.62. The van der Waals surface area contributed by atoms with Crippen molar-refractivity contribution in [3.05, 3.63) is 35.6 Å². The molecule has 0 aliphatic carbocycles. The number of hydrogen-bond acceptors (Lipinski definition) is 2. The Hall–Kier alpha value is -1.42. The van der Waals surface area contributed by atoms with E-state index in [2.05, 4.69) is 19.0 Å². The molecule has 19 heavy (non-hydrogen) atoms. The second kappa shape index (κ2) is 6.15. The fourth-order valence-corrected chi connectivity index (χ4v) is 2.61. The Kier molecular flexibility index (Phi) is 4.53. The molecule has 1 saturated heterocycles. The van der Waals surface area contributed by atoms with E-state index in [9.17, 15) is 9.18 Å². The van der Waals surface area contributed by atoms with Gasteiger partial charge in [-0.1, -0.05) is 0 Å². The van der Waals surface area contributed by atoms with E-state index in [1.54, 1.807) is 12.1 Å². The molecule has 0 aromatic heterocycles. The van der Waals surface area contributed by atoms with Gasteiger partial charge in [-0.3, -0.25) is 4.79 Å². The second-order valence-electron chi connectivity index (χ2n) is 5.50. The van der Waals surface area contributed by atoms with Crippen LogP contribution in [0.3, 0.4) is 0 Å². The molecule has 1 aromatic carbocycles. The van der Waals surface area contributed by atoms with Crippen molar-refractivity contribution in [3.63, 3.8) is 0 Å². The molecule has 1 amide bonds. The molecule has 1 aliphatic heterocycles. The summed E-state index contributed by atoms with van der Waals surface area (Å²) in [5, 5.41) is 0. The van der Waals surface area contributed by atoms with Crippen LogP contribution in [0.4, 0.5) is 4.39 Å². The molecule has 0 spiro atoms. The third kappa shape index (κ3) is 3.77. The summed E-state index contributed by atoms with van der Waals surface area (Å²) >= 11 is 0. The number of halogens is 1. The number of likely N-dealkylation sites (tertiary alicyclic amines) is 1. The third-order valence-electron chi connectivity index (χ3n) is 3.62. The van der Waals surface area contributed by atoms with Crippen molar-refractivity contribution >= 4 is 5.91 Å². The number of benzene rings is 1. The standard InChI is InChI=1S/C15H21FN2O/c1-17(2)11-12-7-9-18(10-8-12)15(19)13-3-5-14(16)6-4-13/h3-6,12H,7-11H2,1-2H3. The van der Waals surface area contributed by atoms with Crippen LogP contribution >= 0.6 is 0 Å². The summed E-state index contributed by atoms with van der Waals surface area (Å²) in [5.41, 5.74) is 0.576. The van der Waals surface area contributed by atoms with E-state index < -0.39 is 0 Å². The predicted molar refractivity (Wildman–Crippen MR) is 73.6 cm³/mol. The maximum absolute atomic E-state index is 12.8. The first kappa shape index (κ1) is 14.0. The van der Waals surface area contributed by atoms with Crippen molar-refractivity contribution in [1.29, 1.82) is 0 Å². The summed E-state index contributed by atoms with van der Waals surface area (Å²) in [5.74, 6) is 0.386. The zero-order valence-corrected chi connectivity index (χ0v) is 11.6. The van der Waals surface area contributed by atoms with Gasteiger partial charge >= 0.3 is 0 Å². The smallest absolute Gasteiger partial charge is 0.253 e. The Morgan fingerprint density at radius 2 is 1.84 bits per heavy atom. The molecule has 0 saturated carbocycles. The molecule has 0 unspecified atom stereocenters. The maximum atomic E-state index is 12.8. The summed E-state index contributed by atoms with van der Waals surface area (Å²) in [6.07, 6.45) is 2.09. The van der Waals surface area contributed by atoms with Crippen LogP contribution in [0, 0.1) is 11.7 Å². The zero-order valence-electron chi connectivity index (χ0n) is 11.6. The number of amides is 1. The van der Waals surface area contributed by atoms with E-state index in [-0.39, 0.29) is 11.7 Å². The lowest BCUT2D eigenvalue weighted by molar-refractivity contribution is 0.0678. The average Bonchev–Trinajstić information content (AvgIpc) is 2.39. The Morgan fingerprint density at radius 1 is 1.26 bits per heavy atom. The molecule has 0 radical (unpaired) electrons. The highest BCUT2D eigenvalue weighted by Crippen LogP contribution is 2.19. The van der Waals surface area contributed by atoms with Gasteiger partial charge in [-0.25, -0.2) is 4.39 Å². The lowest BCUT2D eigenvalue weighted by atomic mass is 9.96. The predicted octanol–water partition coefficient (Wildman–Crippen LogP) is 2.24. The van der Waals surface area contributed by atoms with Gasteiger partial charge in [0.15, 0.2) is 0 Å². The average molecular weight is 264 g/mol. The first-order valence-electron chi connectivity index (χ1n) is 6.76. The Labute approximate surface area is 114 Å². The molecule has 104 valence electrons. The fourth-order valence-electron chi connectivity index (χ4n) is 2.61. The van der Waals surface area contributed by atoms with Gasteiger partial charge in [0.1, 0.15) is 5.82 Å². The van der Waals surface area contributed by atoms with E-state index in [4.69, 9.17) is 0 Å². The highest BCUT2D eigenvalue weighted by molar-refractivity contribution is 5.94. The molecule has 1 aromatic rings. The van der Waals surface area contributed by atoms with E-state index in [1.807, 2.05) is 4.90 Å². The van der Waals surface area contributed by atoms with Crippen LogP contribution in [0.5, 0.6) is 0 Å². The van der Waals surface area contributed by atoms with Gasteiger partial charge in [0.05, 0.1) is 0 Å². The van der Waals surface area contributed by atoms with Gasteiger partial charge in [-0.05, 0) is 57.1 Å². The highest BCUT2D eigenvalue weighted by Gasteiger charge is 2.23. The monoisotopic (exact) mass is 264 g/mol. The van der Waals surface area contributed by atoms with E-state index in [0.29, 0.717) is 11.5 Å². The van der Waals surface area contributed by atoms with Crippen LogP contribution in [0.1, 0.15) is 23.2 Å². The van der Waals surface area contributed by atoms with Gasteiger partial charge in [0.25, 0.3) is 5.91 Å². The van der Waals surface area contributed by atoms with Crippen molar-refractivity contribution in [1.82, 2.24) is 9.80 Å². The van der Waals surface area contributed by atoms with Crippen molar-refractivity contribution in [3.8, 4) is 0 Å². The molecule has 4 heteroatoms. The number of carbonyl (C=O) groups excluding carboxylic acids is 1. The normalized spacial score (nSPS) is 16.9. The van der Waals surface area contributed by atoms with Crippen molar-refractivity contribution in [2.24, 2.45) is 5.92 Å². The SMILES string of the molecule is CN(C)CC1CCN(C(=O)c2ccc(F)cc2)CC1. The molecule has 3 nitrogen and oxygen atoms in total. The van der Waals surface area contributed by atoms with Crippen LogP contribution in [-0.2, 0) is 0 Å². The molecule has 1 heterocycles. The maximum Gasteiger partial charge on any atom is 0.253 e. The summed E-state index contributed by atoms with van der Waals surface area (Å²) in [6, 6.07) is 5.80. The Balaban J connectivity index is 1.90. The van der Waals surface area contributed by atoms with Crippen molar-refractivity contribution in [2.75, 3.05) is 33.7 Å². The number of nitrogens with zero attached hydrogens (tertiary/aromatic N) is 2. The first-order valence-corrected chi connectivity index (χ1v) is 6.76. The van der Waals surface area contributed by atoms with Gasteiger partial charge in [-0.15, -0.1) is 0 Å². The topological polar surface area (TPSA) is 23.6 Å². The summed E-state index contributed by atoms with van der Waals surface area (Å²) in [6.45, 7) is 2.68. The number of hydrogen-bond donors (Lipinski definition) is 0. The second-order valence-corrected chi connectivity index (χ2v) is 5.50. The number of piperidine rings is 1. The lowest BCUT2D eigenvalue weighted by Gasteiger charge is -2.33. The van der Waals surface area contributed by atoms with E-state index >= 15 is 0 Å². The largest absolute Gasteiger partial charge is 0.339 e. The van der Waals surface area contributed by atoms with Crippen molar-refractivity contribution < 1.29 is 9.18 Å². The summed E-state index contributed by atoms with van der Waals surface area (Å²) < 4.78 is 12.8. The summed E-state index contributed by atoms with van der Waals surface area (Å²) in [7, 11) is 4.16. The van der Waals surface area contributed by atoms with Gasteiger partial charge < -0.3 is 9.80 Å². The Morgan fingerprint density at radius 3 is 2.37 bits per heavy atom. The Bertz CT molecular complexity index is 422. The molecular formula is C15H21FN2O. The van der Waals surface area contributed by atoms with Crippen LogP contribution in [0.15, 0.2) is 24.3 Å². The minimum absolute atomic E-state index is 0.0169. The molecule has 1 aliphatic rings. The molecule has 0 bridgehead atoms. The zero-order chi connectivity index (χ0) is 13.8. The minimum atomic E-state index is -0.304. The first-order chi connectivity index (χ1) is 9.06. The lowest BCUT2D eigenvalue weighted by Crippen LogP contribution is -2.40. The van der Waals surface area contributed by atoms with Gasteiger partial charge in [0, 0.05) is 25.2 Å². The summed E-state index contributed by atoms with van der Waals surface area (Å²) in [4.78, 5) is 16.3. The highest BCUT2D eigenvalue weighted by atomic mass is 19.1. The quantitative estimate of drug-likeness (QED) is 0.836. The van der Waals surface area contributed by atoms with Crippen LogP contribution in [0.25, 0.3) is 0 Å². The van der Waals surface area contributed by atoms with Crippen molar-refractivity contribution in [2.45, 2.75) is 12.8 Å². The van der Waals surface area contributed by atoms with E-state index in [1.165, 1.54) is 12.1 Å². The number of rotatable bonds is 3. The molecule has 1 fully saturated rings. The molecule has 0 N–H and O–H groups in total. The van der Waals surface area contributed by atoms with Gasteiger partial charge in [0.2, 0.25) is 0 Å². The van der Waals surface area contributed by atoms with Gasteiger partial charge in [-0.2, -0.15) is 0 Å². The molecule has 2 rings (SSSR count). The molecule has 0 atom stereocenters. The fraction of sp³-hybridized carbons (Fsp3) is 0.533. The molecular weight excluding hydrogens is 243 g/mol. The van der Waals surface area contributed by atoms with Crippen LogP contribution in [-0.4, -0.2) is 49.4 Å². The minimum Gasteiger partial charge on any atom is -0.339 e. The van der Waals surface area contributed by atoms with Crippen LogP contribution in [0.2, 0.25) is 0 Å².